The maximum atomic E-state index is 13.9. The van der Waals surface area contributed by atoms with E-state index in [4.69, 9.17) is 28.3 Å². The highest BCUT2D eigenvalue weighted by Crippen LogP contribution is 2.38. The number of anilines is 1. The standard InChI is InChI=1S/C23H23Cl2F3N4O3/c1-31(22(35)13-9-32(10-13)19(34)11-33)21(23(26,27)28)18-5-3-14(8-29-18)30-15-6-12-2-4-17(24)20(25)16(12)7-15/h2-5,8,13,15,21,30,33H,6-7,9-11H2,1H3. The van der Waals surface area contributed by atoms with Crippen LogP contribution in [0, 0.1) is 5.92 Å². The molecule has 1 aliphatic carbocycles. The molecule has 35 heavy (non-hydrogen) atoms. The molecule has 0 bridgehead atoms. The summed E-state index contributed by atoms with van der Waals surface area (Å²) < 4.78 is 41.8. The molecular weight excluding hydrogens is 508 g/mol. The molecule has 2 N–H and O–H groups in total. The molecule has 2 unspecified atom stereocenters. The van der Waals surface area contributed by atoms with E-state index in [0.717, 1.165) is 18.2 Å². The molecule has 1 saturated heterocycles. The third kappa shape index (κ3) is 5.19. The van der Waals surface area contributed by atoms with Crippen LogP contribution in [-0.4, -0.2) is 70.7 Å². The number of amides is 2. The summed E-state index contributed by atoms with van der Waals surface area (Å²) in [6.07, 6.45) is -2.13. The van der Waals surface area contributed by atoms with Gasteiger partial charge in [-0.2, -0.15) is 13.2 Å². The topological polar surface area (TPSA) is 85.8 Å². The van der Waals surface area contributed by atoms with Crippen LogP contribution in [0.15, 0.2) is 30.5 Å². The molecule has 1 aromatic heterocycles. The van der Waals surface area contributed by atoms with Crippen LogP contribution in [0.5, 0.6) is 0 Å². The number of carbonyl (C=O) groups excluding carboxylic acids is 2. The first kappa shape index (κ1) is 25.5. The summed E-state index contributed by atoms with van der Waals surface area (Å²) in [5.74, 6) is -2.06. The zero-order chi connectivity index (χ0) is 25.5. The minimum atomic E-state index is -4.75. The summed E-state index contributed by atoms with van der Waals surface area (Å²) in [6, 6.07) is 4.15. The van der Waals surface area contributed by atoms with Crippen molar-refractivity contribution in [1.29, 1.82) is 0 Å². The fraction of sp³-hybridized carbons (Fsp3) is 0.435. The zero-order valence-electron chi connectivity index (χ0n) is 18.6. The minimum absolute atomic E-state index is 0.0144. The Labute approximate surface area is 209 Å². The molecule has 0 spiro atoms. The fourth-order valence-electron chi connectivity index (χ4n) is 4.56. The first-order valence-electron chi connectivity index (χ1n) is 10.9. The normalized spacial score (nSPS) is 18.6. The number of carbonyl (C=O) groups is 2. The lowest BCUT2D eigenvalue weighted by molar-refractivity contribution is -0.193. The van der Waals surface area contributed by atoms with Crippen molar-refractivity contribution in [3.05, 3.63) is 57.3 Å². The van der Waals surface area contributed by atoms with Gasteiger partial charge in [0.05, 0.1) is 33.5 Å². The van der Waals surface area contributed by atoms with Gasteiger partial charge >= 0.3 is 6.18 Å². The highest BCUT2D eigenvalue weighted by Gasteiger charge is 2.48. The Morgan fingerprint density at radius 1 is 1.23 bits per heavy atom. The number of rotatable bonds is 6. The molecule has 0 radical (unpaired) electrons. The van der Waals surface area contributed by atoms with Gasteiger partial charge in [-0.05, 0) is 42.2 Å². The summed E-state index contributed by atoms with van der Waals surface area (Å²) >= 11 is 12.4. The Hall–Kier alpha value is -2.56. The number of aliphatic hydroxyl groups excluding tert-OH is 1. The number of aromatic nitrogens is 1. The van der Waals surface area contributed by atoms with Crippen LogP contribution in [0.3, 0.4) is 0 Å². The van der Waals surface area contributed by atoms with Gasteiger partial charge in [0, 0.05) is 26.2 Å². The molecule has 188 valence electrons. The van der Waals surface area contributed by atoms with E-state index in [9.17, 15) is 22.8 Å². The summed E-state index contributed by atoms with van der Waals surface area (Å²) in [6.45, 7) is -0.759. The Kier molecular flexibility index (Phi) is 7.17. The Morgan fingerprint density at radius 3 is 2.54 bits per heavy atom. The van der Waals surface area contributed by atoms with E-state index in [1.54, 1.807) is 6.07 Å². The number of likely N-dealkylation sites (tertiary alicyclic amines) is 1. The zero-order valence-corrected chi connectivity index (χ0v) is 20.2. The molecule has 1 fully saturated rings. The molecule has 0 saturated carbocycles. The number of fused-ring (bicyclic) bond motifs is 1. The number of halogens is 5. The maximum absolute atomic E-state index is 13.9. The van der Waals surface area contributed by atoms with Crippen molar-refractivity contribution in [1.82, 2.24) is 14.8 Å². The highest BCUT2D eigenvalue weighted by molar-refractivity contribution is 6.42. The van der Waals surface area contributed by atoms with Gasteiger partial charge < -0.3 is 20.2 Å². The van der Waals surface area contributed by atoms with E-state index in [-0.39, 0.29) is 24.8 Å². The van der Waals surface area contributed by atoms with Crippen molar-refractivity contribution >= 4 is 40.7 Å². The van der Waals surface area contributed by atoms with Gasteiger partial charge in [-0.15, -0.1) is 0 Å². The monoisotopic (exact) mass is 530 g/mol. The van der Waals surface area contributed by atoms with Crippen molar-refractivity contribution in [3.63, 3.8) is 0 Å². The number of pyridine rings is 1. The van der Waals surface area contributed by atoms with E-state index >= 15 is 0 Å². The van der Waals surface area contributed by atoms with Crippen molar-refractivity contribution in [2.75, 3.05) is 32.1 Å². The molecule has 2 atom stereocenters. The van der Waals surface area contributed by atoms with Crippen molar-refractivity contribution < 1.29 is 27.9 Å². The van der Waals surface area contributed by atoms with E-state index in [2.05, 4.69) is 10.3 Å². The van der Waals surface area contributed by atoms with E-state index in [1.807, 2.05) is 6.07 Å². The fourth-order valence-corrected chi connectivity index (χ4v) is 5.00. The summed E-state index contributed by atoms with van der Waals surface area (Å²) in [5, 5.41) is 13.1. The summed E-state index contributed by atoms with van der Waals surface area (Å²) in [7, 11) is 1.08. The van der Waals surface area contributed by atoms with Gasteiger partial charge in [0.1, 0.15) is 6.61 Å². The lowest BCUT2D eigenvalue weighted by atomic mass is 9.97. The Morgan fingerprint density at radius 2 is 1.94 bits per heavy atom. The molecule has 4 rings (SSSR count). The second-order valence-electron chi connectivity index (χ2n) is 8.77. The number of nitrogens with zero attached hydrogens (tertiary/aromatic N) is 3. The van der Waals surface area contributed by atoms with Crippen LogP contribution in [-0.2, 0) is 22.4 Å². The van der Waals surface area contributed by atoms with Gasteiger partial charge in [0.15, 0.2) is 6.04 Å². The highest BCUT2D eigenvalue weighted by atomic mass is 35.5. The molecule has 2 aliphatic rings. The Bertz CT molecular complexity index is 1120. The predicted octanol–water partition coefficient (Wildman–Crippen LogP) is 3.48. The van der Waals surface area contributed by atoms with Gasteiger partial charge in [-0.25, -0.2) is 0 Å². The van der Waals surface area contributed by atoms with E-state index < -0.39 is 36.6 Å². The van der Waals surface area contributed by atoms with Crippen molar-refractivity contribution in [3.8, 4) is 0 Å². The second-order valence-corrected chi connectivity index (χ2v) is 9.55. The van der Waals surface area contributed by atoms with Crippen LogP contribution in [0.25, 0.3) is 0 Å². The number of hydrogen-bond donors (Lipinski definition) is 2. The molecule has 2 amide bonds. The first-order valence-corrected chi connectivity index (χ1v) is 11.7. The van der Waals surface area contributed by atoms with E-state index in [1.165, 1.54) is 23.2 Å². The quantitative estimate of drug-likeness (QED) is 0.597. The van der Waals surface area contributed by atoms with Crippen LogP contribution < -0.4 is 5.32 Å². The third-order valence-corrected chi connectivity index (χ3v) is 7.25. The number of alkyl halides is 3. The Balaban J connectivity index is 1.43. The van der Waals surface area contributed by atoms with Crippen LogP contribution in [0.4, 0.5) is 18.9 Å². The smallest absolute Gasteiger partial charge is 0.387 e. The van der Waals surface area contributed by atoms with Crippen LogP contribution in [0.1, 0.15) is 22.9 Å². The SMILES string of the molecule is CN(C(=O)C1CN(C(=O)CO)C1)C(c1ccc(NC2Cc3ccc(Cl)c(Cl)c3C2)cn1)C(F)(F)F. The molecular formula is C23H23Cl2F3N4O3. The predicted molar refractivity (Wildman–Crippen MR) is 124 cm³/mol. The molecule has 7 nitrogen and oxygen atoms in total. The van der Waals surface area contributed by atoms with Crippen LogP contribution in [0.2, 0.25) is 10.0 Å². The summed E-state index contributed by atoms with van der Waals surface area (Å²) in [4.78, 5) is 30.0. The van der Waals surface area contributed by atoms with Gasteiger partial charge in [-0.3, -0.25) is 14.6 Å². The number of benzene rings is 1. The number of nitrogens with one attached hydrogen (secondary N) is 1. The third-order valence-electron chi connectivity index (χ3n) is 6.41. The van der Waals surface area contributed by atoms with Crippen molar-refractivity contribution in [2.24, 2.45) is 5.92 Å². The van der Waals surface area contributed by atoms with Crippen molar-refractivity contribution in [2.45, 2.75) is 31.1 Å². The molecule has 2 aromatic rings. The molecule has 2 heterocycles. The van der Waals surface area contributed by atoms with E-state index in [0.29, 0.717) is 33.5 Å². The second kappa shape index (κ2) is 9.83. The summed E-state index contributed by atoms with van der Waals surface area (Å²) in [5.41, 5.74) is 2.25. The van der Waals surface area contributed by atoms with Gasteiger partial charge in [0.2, 0.25) is 11.8 Å². The van der Waals surface area contributed by atoms with Gasteiger partial charge in [-0.1, -0.05) is 29.3 Å². The minimum Gasteiger partial charge on any atom is -0.387 e. The average molecular weight is 531 g/mol. The number of hydrogen-bond acceptors (Lipinski definition) is 5. The maximum Gasteiger partial charge on any atom is 0.414 e. The molecule has 1 aromatic carbocycles. The largest absolute Gasteiger partial charge is 0.414 e. The van der Waals surface area contributed by atoms with Crippen LogP contribution >= 0.6 is 23.2 Å². The molecule has 12 heteroatoms. The number of aliphatic hydroxyl groups is 1. The lowest BCUT2D eigenvalue weighted by Crippen LogP contribution is -2.57. The average Bonchev–Trinajstić information content (AvgIpc) is 3.18. The lowest BCUT2D eigenvalue weighted by Gasteiger charge is -2.41. The first-order chi connectivity index (χ1) is 16.5. The van der Waals surface area contributed by atoms with Gasteiger partial charge in [0.25, 0.3) is 0 Å². The molecule has 1 aliphatic heterocycles.